The third-order valence-electron chi connectivity index (χ3n) is 3.83. The van der Waals surface area contributed by atoms with Gasteiger partial charge in [-0.15, -0.1) is 0 Å². The van der Waals surface area contributed by atoms with Gasteiger partial charge in [0.15, 0.2) is 8.32 Å². The zero-order chi connectivity index (χ0) is 16.0. The number of aliphatic hydroxyl groups excluding tert-OH is 2. The summed E-state index contributed by atoms with van der Waals surface area (Å²) in [6.45, 7) is 13.3. The van der Waals surface area contributed by atoms with Crippen LogP contribution in [0.15, 0.2) is 21.3 Å². The normalized spacial score (nSPS) is 16.4. The molecule has 0 spiro atoms. The minimum absolute atomic E-state index is 0.129. The topological polar surface area (TPSA) is 49.7 Å². The van der Waals surface area contributed by atoms with Crippen LogP contribution in [0.1, 0.15) is 34.1 Å². The van der Waals surface area contributed by atoms with Crippen LogP contribution in [0.25, 0.3) is 0 Å². The van der Waals surface area contributed by atoms with Crippen LogP contribution in [-0.4, -0.2) is 37.8 Å². The Bertz CT molecular complexity index is 353. The van der Waals surface area contributed by atoms with Gasteiger partial charge >= 0.3 is 0 Å². The molecule has 0 radical (unpaired) electrons. The van der Waals surface area contributed by atoms with Crippen molar-refractivity contribution in [2.24, 2.45) is 0 Å². The van der Waals surface area contributed by atoms with Crippen LogP contribution in [0.3, 0.4) is 0 Å². The predicted molar refractivity (Wildman–Crippen MR) is 96.7 cm³/mol. The van der Waals surface area contributed by atoms with Crippen molar-refractivity contribution < 1.29 is 14.6 Å². The summed E-state index contributed by atoms with van der Waals surface area (Å²) in [6.07, 6.45) is 3.68. The van der Waals surface area contributed by atoms with Crippen LogP contribution in [0, 0.1) is 0 Å². The molecule has 0 rings (SSSR count). The Kier molecular flexibility index (Phi) is 8.81. The van der Waals surface area contributed by atoms with E-state index in [0.717, 1.165) is 3.58 Å². The zero-order valence-electron chi connectivity index (χ0n) is 13.5. The molecule has 0 aromatic heterocycles. The van der Waals surface area contributed by atoms with Crippen LogP contribution in [0.5, 0.6) is 0 Å². The van der Waals surface area contributed by atoms with E-state index in [2.05, 4.69) is 56.5 Å². The Labute approximate surface area is 138 Å². The molecule has 0 aliphatic carbocycles. The molecular weight excluding hydrogens is 383 g/mol. The quantitative estimate of drug-likeness (QED) is 0.377. The number of halogens is 1. The fourth-order valence-electron chi connectivity index (χ4n) is 1.30. The molecule has 1 unspecified atom stereocenters. The van der Waals surface area contributed by atoms with E-state index in [1.54, 1.807) is 0 Å². The minimum atomic E-state index is -1.78. The van der Waals surface area contributed by atoms with Gasteiger partial charge in [0.2, 0.25) is 0 Å². The molecule has 3 nitrogen and oxygen atoms in total. The van der Waals surface area contributed by atoms with Gasteiger partial charge in [0.25, 0.3) is 0 Å². The van der Waals surface area contributed by atoms with Crippen LogP contribution in [0.2, 0.25) is 18.1 Å². The molecule has 2 N–H and O–H groups in total. The molecule has 118 valence electrons. The molecule has 20 heavy (non-hydrogen) atoms. The van der Waals surface area contributed by atoms with Gasteiger partial charge in [-0.25, -0.2) is 0 Å². The predicted octanol–water partition coefficient (Wildman–Crippen LogP) is 4.02. The second-order valence-corrected chi connectivity index (χ2v) is 13.1. The molecule has 0 heterocycles. The maximum absolute atomic E-state index is 10.0. The van der Waals surface area contributed by atoms with E-state index in [4.69, 9.17) is 4.43 Å². The van der Waals surface area contributed by atoms with Crippen LogP contribution < -0.4 is 0 Å². The summed E-state index contributed by atoms with van der Waals surface area (Å²) < 4.78 is 7.16. The first-order valence-electron chi connectivity index (χ1n) is 6.95. The Balaban J connectivity index is 4.58. The maximum Gasteiger partial charge on any atom is 0.192 e. The van der Waals surface area contributed by atoms with Crippen molar-refractivity contribution in [2.45, 2.75) is 58.4 Å². The van der Waals surface area contributed by atoms with Crippen molar-refractivity contribution in [1.29, 1.82) is 0 Å². The highest BCUT2D eigenvalue weighted by Crippen LogP contribution is 2.36. The molecule has 0 aliphatic rings. The number of hydrogen-bond acceptors (Lipinski definition) is 3. The second kappa shape index (κ2) is 8.68. The SMILES string of the molecule is C/C(I)=C\CC(O)/C(=C/CO[Si](C)(C)C(C)(C)C)CO. The average Bonchev–Trinajstić information content (AvgIpc) is 2.30. The van der Waals surface area contributed by atoms with Crippen molar-refractivity contribution in [2.75, 3.05) is 13.2 Å². The Morgan fingerprint density at radius 2 is 1.85 bits per heavy atom. The highest BCUT2D eigenvalue weighted by atomic mass is 127. The van der Waals surface area contributed by atoms with Gasteiger partial charge in [0.05, 0.1) is 19.3 Å². The van der Waals surface area contributed by atoms with Gasteiger partial charge in [0.1, 0.15) is 0 Å². The molecule has 0 saturated carbocycles. The van der Waals surface area contributed by atoms with Crippen molar-refractivity contribution >= 4 is 30.9 Å². The molecule has 0 aromatic rings. The summed E-state index contributed by atoms with van der Waals surface area (Å²) in [6, 6.07) is 0. The monoisotopic (exact) mass is 412 g/mol. The number of allylic oxidation sites excluding steroid dienone is 1. The van der Waals surface area contributed by atoms with E-state index in [0.29, 0.717) is 18.6 Å². The van der Waals surface area contributed by atoms with Crippen molar-refractivity contribution in [3.63, 3.8) is 0 Å². The van der Waals surface area contributed by atoms with E-state index in [1.807, 2.05) is 19.1 Å². The lowest BCUT2D eigenvalue weighted by Crippen LogP contribution is -2.40. The molecule has 5 heteroatoms. The van der Waals surface area contributed by atoms with Crippen molar-refractivity contribution in [1.82, 2.24) is 0 Å². The second-order valence-electron chi connectivity index (χ2n) is 6.55. The molecule has 0 aliphatic heterocycles. The molecular formula is C15H29IO3Si. The molecule has 0 fully saturated rings. The third kappa shape index (κ3) is 7.35. The highest BCUT2D eigenvalue weighted by Gasteiger charge is 2.36. The van der Waals surface area contributed by atoms with Gasteiger partial charge < -0.3 is 14.6 Å². The summed E-state index contributed by atoms with van der Waals surface area (Å²) in [7, 11) is -1.78. The van der Waals surface area contributed by atoms with Gasteiger partial charge in [-0.2, -0.15) is 0 Å². The van der Waals surface area contributed by atoms with E-state index in [9.17, 15) is 10.2 Å². The van der Waals surface area contributed by atoms with Gasteiger partial charge in [-0.1, -0.05) is 32.9 Å². The first-order chi connectivity index (χ1) is 9.01. The Morgan fingerprint density at radius 3 is 2.25 bits per heavy atom. The number of rotatable bonds is 7. The molecule has 0 bridgehead atoms. The van der Waals surface area contributed by atoms with E-state index < -0.39 is 14.4 Å². The van der Waals surface area contributed by atoms with Crippen LogP contribution in [-0.2, 0) is 4.43 Å². The highest BCUT2D eigenvalue weighted by molar-refractivity contribution is 14.1. The third-order valence-corrected chi connectivity index (χ3v) is 8.77. The summed E-state index contributed by atoms with van der Waals surface area (Å²) >= 11 is 2.21. The van der Waals surface area contributed by atoms with Gasteiger partial charge in [0, 0.05) is 0 Å². The van der Waals surface area contributed by atoms with Gasteiger partial charge in [-0.3, -0.25) is 0 Å². The Morgan fingerprint density at radius 1 is 1.30 bits per heavy atom. The lowest BCUT2D eigenvalue weighted by Gasteiger charge is -2.35. The Hall–Kier alpha value is 0.307. The zero-order valence-corrected chi connectivity index (χ0v) is 16.7. The van der Waals surface area contributed by atoms with Crippen molar-refractivity contribution in [3.05, 3.63) is 21.3 Å². The van der Waals surface area contributed by atoms with Crippen LogP contribution >= 0.6 is 22.6 Å². The first kappa shape index (κ1) is 20.3. The summed E-state index contributed by atoms with van der Waals surface area (Å²) in [5.74, 6) is 0. The lowest BCUT2D eigenvalue weighted by atomic mass is 10.1. The number of hydrogen-bond donors (Lipinski definition) is 2. The summed E-state index contributed by atoms with van der Waals surface area (Å²) in [5.41, 5.74) is 0.637. The smallest absolute Gasteiger partial charge is 0.192 e. The largest absolute Gasteiger partial charge is 0.413 e. The summed E-state index contributed by atoms with van der Waals surface area (Å²) in [4.78, 5) is 0. The summed E-state index contributed by atoms with van der Waals surface area (Å²) in [5, 5.41) is 19.5. The first-order valence-corrected chi connectivity index (χ1v) is 10.9. The van der Waals surface area contributed by atoms with E-state index >= 15 is 0 Å². The fraction of sp³-hybridized carbons (Fsp3) is 0.733. The average molecular weight is 412 g/mol. The van der Waals surface area contributed by atoms with Gasteiger partial charge in [-0.05, 0) is 63.2 Å². The van der Waals surface area contributed by atoms with E-state index in [-0.39, 0.29) is 11.6 Å². The molecule has 1 atom stereocenters. The standard InChI is InChI=1S/C15H29IO3Si/c1-12(16)7-8-14(18)13(11-17)9-10-19-20(5,6)15(2,3)4/h7,9,14,17-18H,8,10-11H2,1-6H3/b12-7+,13-9+. The molecule has 0 amide bonds. The maximum atomic E-state index is 10.0. The fourth-order valence-corrected chi connectivity index (χ4v) is 2.49. The lowest BCUT2D eigenvalue weighted by molar-refractivity contribution is 0.188. The van der Waals surface area contributed by atoms with Crippen molar-refractivity contribution in [3.8, 4) is 0 Å². The molecule has 0 saturated heterocycles. The number of aliphatic hydroxyl groups is 2. The van der Waals surface area contributed by atoms with E-state index in [1.165, 1.54) is 0 Å². The van der Waals surface area contributed by atoms with Crippen LogP contribution in [0.4, 0.5) is 0 Å². The minimum Gasteiger partial charge on any atom is -0.413 e. The molecule has 0 aromatic carbocycles.